The molecule has 17 heteroatoms. The van der Waals surface area contributed by atoms with E-state index in [0.717, 1.165) is 23.5 Å². The predicted octanol–water partition coefficient (Wildman–Crippen LogP) is 3.23. The van der Waals surface area contributed by atoms with Gasteiger partial charge < -0.3 is 15.2 Å². The first-order chi connectivity index (χ1) is 19.6. The van der Waals surface area contributed by atoms with E-state index < -0.39 is 51.8 Å². The highest BCUT2D eigenvalue weighted by molar-refractivity contribution is 7.91. The number of carboxylic acid groups (broad SMARTS) is 1. The number of nitrogens with zero attached hydrogens (tertiary/aromatic N) is 4. The van der Waals surface area contributed by atoms with E-state index in [9.17, 15) is 36.3 Å². The Kier molecular flexibility index (Phi) is 9.03. The van der Waals surface area contributed by atoms with Gasteiger partial charge in [0.1, 0.15) is 30.5 Å². The van der Waals surface area contributed by atoms with Crippen LogP contribution in [0.15, 0.2) is 57.1 Å². The van der Waals surface area contributed by atoms with E-state index in [2.05, 4.69) is 20.6 Å². The second-order valence-corrected chi connectivity index (χ2v) is 12.7. The first-order valence-electron chi connectivity index (χ1n) is 12.5. The number of nitrogens with one attached hydrogen (secondary N) is 1. The monoisotopic (exact) mass is 628 g/mol. The lowest BCUT2D eigenvalue weighted by molar-refractivity contribution is -0.143. The number of carbonyl (C=O) groups is 2. The summed E-state index contributed by atoms with van der Waals surface area (Å²) in [6.07, 6.45) is -4.74. The summed E-state index contributed by atoms with van der Waals surface area (Å²) < 4.78 is 67.8. The van der Waals surface area contributed by atoms with Crippen molar-refractivity contribution < 1.29 is 41.0 Å². The second kappa shape index (κ2) is 12.2. The molecular formula is C25H27F3N6O6S2. The topological polar surface area (TPSA) is 177 Å². The second-order valence-electron chi connectivity index (χ2n) is 9.93. The van der Waals surface area contributed by atoms with Crippen molar-refractivity contribution >= 4 is 43.5 Å². The Bertz CT molecular complexity index is 1590. The van der Waals surface area contributed by atoms with Crippen molar-refractivity contribution in [2.24, 2.45) is 21.4 Å². The summed E-state index contributed by atoms with van der Waals surface area (Å²) >= 11 is 0.910. The molecule has 226 valence electrons. The molecule has 4 rings (SSSR count). The minimum Gasteiger partial charge on any atom is -0.491 e. The Morgan fingerprint density at radius 2 is 1.90 bits per heavy atom. The van der Waals surface area contributed by atoms with Gasteiger partial charge in [-0.15, -0.1) is 11.3 Å². The number of halogens is 3. The van der Waals surface area contributed by atoms with E-state index in [1.807, 2.05) is 0 Å². The molecule has 0 aliphatic carbocycles. The van der Waals surface area contributed by atoms with Crippen LogP contribution >= 0.6 is 11.3 Å². The number of aliphatic carboxylic acids is 1. The molecular weight excluding hydrogens is 601 g/mol. The first kappa shape index (κ1) is 31.1. The minimum atomic E-state index is -4.52. The Morgan fingerprint density at radius 3 is 2.50 bits per heavy atom. The van der Waals surface area contributed by atoms with Crippen molar-refractivity contribution in [3.63, 3.8) is 0 Å². The molecule has 1 aromatic heterocycles. The van der Waals surface area contributed by atoms with Crippen molar-refractivity contribution in [1.29, 1.82) is 0 Å². The van der Waals surface area contributed by atoms with Crippen LogP contribution < -0.4 is 15.2 Å². The maximum atomic E-state index is 13.2. The summed E-state index contributed by atoms with van der Waals surface area (Å²) in [4.78, 5) is 29.1. The largest absolute Gasteiger partial charge is 0.491 e. The van der Waals surface area contributed by atoms with Crippen molar-refractivity contribution in [3.05, 3.63) is 53.6 Å². The van der Waals surface area contributed by atoms with E-state index >= 15 is 0 Å². The van der Waals surface area contributed by atoms with Crippen molar-refractivity contribution in [3.8, 4) is 5.75 Å². The van der Waals surface area contributed by atoms with Crippen LogP contribution in [0.1, 0.15) is 25.0 Å². The maximum Gasteiger partial charge on any atom is 0.416 e. The Hall–Kier alpha value is -3.83. The highest BCUT2D eigenvalue weighted by Crippen LogP contribution is 2.30. The summed E-state index contributed by atoms with van der Waals surface area (Å²) in [6.45, 7) is 3.81. The fourth-order valence-corrected chi connectivity index (χ4v) is 5.96. The number of carboxylic acids is 1. The molecule has 0 bridgehead atoms. The fraction of sp³-hybridized carbons (Fsp3) is 0.400. The lowest BCUT2D eigenvalue weighted by atomic mass is 10.00. The lowest BCUT2D eigenvalue weighted by Crippen LogP contribution is -2.53. The van der Waals surface area contributed by atoms with Gasteiger partial charge in [0.2, 0.25) is 10.2 Å². The smallest absolute Gasteiger partial charge is 0.416 e. The molecule has 0 radical (unpaired) electrons. The van der Waals surface area contributed by atoms with Crippen LogP contribution in [0.2, 0.25) is 0 Å². The highest BCUT2D eigenvalue weighted by atomic mass is 32.2. The number of ether oxygens (including phenoxy) is 1. The number of nitrogens with two attached hydrogens (primary N) is 1. The van der Waals surface area contributed by atoms with E-state index in [0.29, 0.717) is 21.5 Å². The molecule has 1 unspecified atom stereocenters. The fourth-order valence-electron chi connectivity index (χ4n) is 4.28. The normalized spacial score (nSPS) is 17.0. The van der Waals surface area contributed by atoms with Crippen molar-refractivity contribution in [2.75, 3.05) is 13.2 Å². The molecule has 42 heavy (non-hydrogen) atoms. The van der Waals surface area contributed by atoms with Gasteiger partial charge in [0.25, 0.3) is 10.0 Å². The summed E-state index contributed by atoms with van der Waals surface area (Å²) in [5.74, 6) is -1.82. The van der Waals surface area contributed by atoms with Gasteiger partial charge in [0, 0.05) is 6.42 Å². The number of sulfonamides is 1. The van der Waals surface area contributed by atoms with E-state index in [4.69, 9.17) is 9.88 Å². The van der Waals surface area contributed by atoms with Gasteiger partial charge in [-0.3, -0.25) is 9.80 Å². The van der Waals surface area contributed by atoms with Gasteiger partial charge in [0.15, 0.2) is 0 Å². The SMILES string of the molecule is CC(C)[C@@H](C(=O)N[C@H](Cc1ccc(C(F)(F)F)cc1)C(=O)O)N1CC(COc2ccc3nc(S(N)(=O)=O)sc3c2)N=N1. The van der Waals surface area contributed by atoms with Crippen LogP contribution in [0, 0.1) is 5.92 Å². The van der Waals surface area contributed by atoms with Gasteiger partial charge in [-0.2, -0.15) is 18.3 Å². The van der Waals surface area contributed by atoms with Gasteiger partial charge >= 0.3 is 12.1 Å². The molecule has 1 amide bonds. The molecule has 1 aliphatic rings. The quantitative estimate of drug-likeness (QED) is 0.290. The molecule has 12 nitrogen and oxygen atoms in total. The molecule has 3 atom stereocenters. The molecule has 1 aliphatic heterocycles. The Labute approximate surface area is 242 Å². The van der Waals surface area contributed by atoms with Crippen LogP contribution in [0.3, 0.4) is 0 Å². The Morgan fingerprint density at radius 1 is 1.21 bits per heavy atom. The molecule has 4 N–H and O–H groups in total. The van der Waals surface area contributed by atoms with Crippen LogP contribution in [-0.4, -0.2) is 66.7 Å². The zero-order chi connectivity index (χ0) is 30.8. The number of rotatable bonds is 11. The standard InChI is InChI=1S/C25H27F3N6O6S2/c1-13(2)21(22(35)30-19(23(36)37)9-14-3-5-15(6-4-14)25(26,27)28)34-11-16(32-33-34)12-40-17-7-8-18-20(10-17)41-24(31-18)42(29,38)39/h3-8,10,13,16,19,21H,9,11-12H2,1-2H3,(H,30,35)(H,36,37)(H2,29,38,39)/t16?,19-,21+/m1/s1. The Balaban J connectivity index is 1.36. The van der Waals surface area contributed by atoms with Gasteiger partial charge in [-0.05, 0) is 41.8 Å². The van der Waals surface area contributed by atoms with Gasteiger partial charge in [0.05, 0.1) is 22.3 Å². The number of aromatic nitrogens is 1. The number of primary sulfonamides is 1. The van der Waals surface area contributed by atoms with Crippen molar-refractivity contribution in [2.45, 2.75) is 48.9 Å². The summed E-state index contributed by atoms with van der Waals surface area (Å²) in [6, 6.07) is 6.19. The number of thiazole rings is 1. The highest BCUT2D eigenvalue weighted by Gasteiger charge is 2.36. The van der Waals surface area contributed by atoms with Crippen molar-refractivity contribution in [1.82, 2.24) is 15.3 Å². The minimum absolute atomic E-state index is 0.0878. The van der Waals surface area contributed by atoms with Gasteiger partial charge in [-0.1, -0.05) is 31.2 Å². The number of fused-ring (bicyclic) bond motifs is 1. The third-order valence-electron chi connectivity index (χ3n) is 6.31. The summed E-state index contributed by atoms with van der Waals surface area (Å²) in [5, 5.41) is 27.0. The summed E-state index contributed by atoms with van der Waals surface area (Å²) in [7, 11) is -3.94. The first-order valence-corrected chi connectivity index (χ1v) is 14.9. The lowest BCUT2D eigenvalue weighted by Gasteiger charge is -2.29. The molecule has 0 fully saturated rings. The molecule has 2 aromatic carbocycles. The number of alkyl halides is 3. The van der Waals surface area contributed by atoms with Gasteiger partial charge in [-0.25, -0.2) is 23.3 Å². The molecule has 3 aromatic rings. The molecule has 0 saturated heterocycles. The van der Waals surface area contributed by atoms with Crippen LogP contribution in [-0.2, 0) is 32.2 Å². The average molecular weight is 629 g/mol. The molecule has 0 saturated carbocycles. The zero-order valence-corrected chi connectivity index (χ0v) is 23.9. The zero-order valence-electron chi connectivity index (χ0n) is 22.3. The molecule has 0 spiro atoms. The van der Waals surface area contributed by atoms with Crippen LogP contribution in [0.5, 0.6) is 5.75 Å². The third kappa shape index (κ3) is 7.51. The predicted molar refractivity (Wildman–Crippen MR) is 145 cm³/mol. The number of carbonyl (C=O) groups excluding carboxylic acids is 1. The van der Waals surface area contributed by atoms with E-state index in [1.54, 1.807) is 32.0 Å². The number of amides is 1. The maximum absolute atomic E-state index is 13.2. The summed E-state index contributed by atoms with van der Waals surface area (Å²) in [5.41, 5.74) is -0.0978. The van der Waals surface area contributed by atoms with E-state index in [1.165, 1.54) is 17.1 Å². The number of hydrogen-bond donors (Lipinski definition) is 3. The molecule has 2 heterocycles. The van der Waals surface area contributed by atoms with E-state index in [-0.39, 0.29) is 29.8 Å². The number of benzene rings is 2. The number of hydrogen-bond acceptors (Lipinski definition) is 10. The third-order valence-corrected chi connectivity index (χ3v) is 8.65. The average Bonchev–Trinajstić information content (AvgIpc) is 3.53. The van der Waals surface area contributed by atoms with Crippen LogP contribution in [0.25, 0.3) is 10.2 Å². The van der Waals surface area contributed by atoms with Crippen LogP contribution in [0.4, 0.5) is 13.2 Å².